The predicted octanol–water partition coefficient (Wildman–Crippen LogP) is 6.71. The molecule has 0 radical (unpaired) electrons. The molecule has 0 aliphatic heterocycles. The van der Waals surface area contributed by atoms with Crippen molar-refractivity contribution in [2.24, 2.45) is 28.6 Å². The van der Waals surface area contributed by atoms with Gasteiger partial charge in [-0.3, -0.25) is 0 Å². The lowest BCUT2D eigenvalue weighted by atomic mass is 9.67. The van der Waals surface area contributed by atoms with Gasteiger partial charge in [-0.05, 0) is 55.3 Å². The van der Waals surface area contributed by atoms with Gasteiger partial charge >= 0.3 is 0 Å². The molecule has 0 N–H and O–H groups in total. The quantitative estimate of drug-likeness (QED) is 0.485. The maximum absolute atomic E-state index is 2.46. The van der Waals surface area contributed by atoms with E-state index in [0.29, 0.717) is 10.8 Å². The van der Waals surface area contributed by atoms with Gasteiger partial charge in [0.05, 0.1) is 0 Å². The van der Waals surface area contributed by atoms with Crippen LogP contribution < -0.4 is 0 Å². The van der Waals surface area contributed by atoms with E-state index in [0.717, 1.165) is 17.8 Å². The minimum absolute atomic E-state index is 0.392. The lowest BCUT2D eigenvalue weighted by Gasteiger charge is -2.38. The van der Waals surface area contributed by atoms with Crippen LogP contribution in [0.25, 0.3) is 0 Å². The molecule has 0 heterocycles. The van der Waals surface area contributed by atoms with Gasteiger partial charge < -0.3 is 0 Å². The Morgan fingerprint density at radius 3 is 1.68 bits per heavy atom. The third-order valence-corrected chi connectivity index (χ3v) is 4.78. The Morgan fingerprint density at radius 1 is 0.895 bits per heavy atom. The van der Waals surface area contributed by atoms with Crippen molar-refractivity contribution in [3.05, 3.63) is 11.6 Å². The van der Waals surface area contributed by atoms with Gasteiger partial charge in [0.25, 0.3) is 0 Å². The largest absolute Gasteiger partial charge is 0.0856 e. The zero-order valence-corrected chi connectivity index (χ0v) is 15.2. The Kier molecular flexibility index (Phi) is 6.86. The van der Waals surface area contributed by atoms with Crippen LogP contribution in [0.4, 0.5) is 0 Å². The highest BCUT2D eigenvalue weighted by atomic mass is 14.4. The molecule has 0 aromatic heterocycles. The second kappa shape index (κ2) is 6.95. The normalized spacial score (nSPS) is 17.8. The van der Waals surface area contributed by atoms with Gasteiger partial charge in [-0.2, -0.15) is 0 Å². The van der Waals surface area contributed by atoms with Crippen LogP contribution in [-0.4, -0.2) is 0 Å². The highest BCUT2D eigenvalue weighted by Gasteiger charge is 2.31. The van der Waals surface area contributed by atoms with E-state index in [2.05, 4.69) is 75.3 Å². The molecular formula is C19H38. The number of rotatable bonds is 5. The highest BCUT2D eigenvalue weighted by Crippen LogP contribution is 2.40. The molecule has 0 nitrogen and oxygen atoms in total. The molecule has 3 unspecified atom stereocenters. The summed E-state index contributed by atoms with van der Waals surface area (Å²) in [5.41, 5.74) is 2.27. The fraction of sp³-hybridized carbons (Fsp3) is 0.895. The van der Waals surface area contributed by atoms with E-state index in [9.17, 15) is 0 Å². The second-order valence-corrected chi connectivity index (χ2v) is 8.97. The van der Waals surface area contributed by atoms with Gasteiger partial charge in [0.1, 0.15) is 0 Å². The third-order valence-electron chi connectivity index (χ3n) is 4.78. The standard InChI is InChI=1S/C19H38/c1-14(2)11-12-17(19(8,9)10)15(3)13-16(4)18(5,6)7/h11,15-17H,12-13H2,1-10H3. The van der Waals surface area contributed by atoms with Gasteiger partial charge in [0.2, 0.25) is 0 Å². The Labute approximate surface area is 123 Å². The molecule has 0 spiro atoms. The first-order valence-electron chi connectivity index (χ1n) is 7.99. The zero-order valence-electron chi connectivity index (χ0n) is 15.2. The molecule has 0 rings (SSSR count). The molecule has 0 aromatic carbocycles. The van der Waals surface area contributed by atoms with Crippen LogP contribution >= 0.6 is 0 Å². The lowest BCUT2D eigenvalue weighted by molar-refractivity contribution is 0.122. The molecule has 0 bridgehead atoms. The Balaban J connectivity index is 4.83. The van der Waals surface area contributed by atoms with Crippen molar-refractivity contribution in [3.8, 4) is 0 Å². The Hall–Kier alpha value is -0.260. The summed E-state index contributed by atoms with van der Waals surface area (Å²) in [5.74, 6) is 2.33. The zero-order chi connectivity index (χ0) is 15.4. The molecule has 0 saturated heterocycles. The van der Waals surface area contributed by atoms with Gasteiger partial charge in [-0.1, -0.05) is 67.0 Å². The van der Waals surface area contributed by atoms with E-state index in [1.807, 2.05) is 0 Å². The molecule has 0 aliphatic carbocycles. The Bertz CT molecular complexity index is 278. The minimum Gasteiger partial charge on any atom is -0.0856 e. The average molecular weight is 267 g/mol. The molecule has 0 heteroatoms. The summed E-state index contributed by atoms with van der Waals surface area (Å²) < 4.78 is 0. The van der Waals surface area contributed by atoms with Crippen LogP contribution in [0, 0.1) is 28.6 Å². The van der Waals surface area contributed by atoms with Crippen LogP contribution in [0.1, 0.15) is 82.1 Å². The van der Waals surface area contributed by atoms with Crippen LogP contribution in [0.2, 0.25) is 0 Å². The number of allylic oxidation sites excluding steroid dienone is 2. The molecule has 19 heavy (non-hydrogen) atoms. The summed E-state index contributed by atoms with van der Waals surface area (Å²) in [4.78, 5) is 0. The maximum Gasteiger partial charge on any atom is -0.0305 e. The van der Waals surface area contributed by atoms with E-state index < -0.39 is 0 Å². The van der Waals surface area contributed by atoms with Gasteiger partial charge in [-0.25, -0.2) is 0 Å². The first-order chi connectivity index (χ1) is 8.35. The summed E-state index contributed by atoms with van der Waals surface area (Å²) in [7, 11) is 0. The fourth-order valence-electron chi connectivity index (χ4n) is 2.88. The lowest BCUT2D eigenvalue weighted by Crippen LogP contribution is -2.30. The summed E-state index contributed by atoms with van der Waals surface area (Å²) >= 11 is 0. The van der Waals surface area contributed by atoms with Gasteiger partial charge in [-0.15, -0.1) is 0 Å². The first-order valence-corrected chi connectivity index (χ1v) is 7.99. The van der Waals surface area contributed by atoms with Gasteiger partial charge in [0, 0.05) is 0 Å². The smallest absolute Gasteiger partial charge is 0.0305 e. The highest BCUT2D eigenvalue weighted by molar-refractivity contribution is 4.96. The molecule has 0 aromatic rings. The molecule has 0 fully saturated rings. The van der Waals surface area contributed by atoms with Crippen LogP contribution in [0.3, 0.4) is 0 Å². The average Bonchev–Trinajstić information content (AvgIpc) is 2.13. The minimum atomic E-state index is 0.392. The van der Waals surface area contributed by atoms with Crippen molar-refractivity contribution >= 4 is 0 Å². The first kappa shape index (κ1) is 18.7. The molecular weight excluding hydrogens is 228 g/mol. The summed E-state index contributed by atoms with van der Waals surface area (Å²) in [6.07, 6.45) is 4.99. The summed E-state index contributed by atoms with van der Waals surface area (Å²) in [6.45, 7) is 23.6. The van der Waals surface area contributed by atoms with Crippen LogP contribution in [0.5, 0.6) is 0 Å². The van der Waals surface area contributed by atoms with E-state index in [4.69, 9.17) is 0 Å². The van der Waals surface area contributed by atoms with Crippen molar-refractivity contribution in [3.63, 3.8) is 0 Å². The maximum atomic E-state index is 2.46. The molecule has 0 saturated carbocycles. The summed E-state index contributed by atoms with van der Waals surface area (Å²) in [6, 6.07) is 0. The number of hydrogen-bond donors (Lipinski definition) is 0. The van der Waals surface area contributed by atoms with Crippen LogP contribution in [0.15, 0.2) is 11.6 Å². The van der Waals surface area contributed by atoms with Crippen molar-refractivity contribution in [2.75, 3.05) is 0 Å². The second-order valence-electron chi connectivity index (χ2n) is 8.97. The molecule has 0 amide bonds. The van der Waals surface area contributed by atoms with Crippen molar-refractivity contribution in [2.45, 2.75) is 82.1 Å². The molecule has 114 valence electrons. The van der Waals surface area contributed by atoms with Crippen molar-refractivity contribution in [1.29, 1.82) is 0 Å². The van der Waals surface area contributed by atoms with E-state index in [1.54, 1.807) is 0 Å². The van der Waals surface area contributed by atoms with E-state index >= 15 is 0 Å². The van der Waals surface area contributed by atoms with Crippen molar-refractivity contribution < 1.29 is 0 Å². The molecule has 3 atom stereocenters. The number of hydrogen-bond acceptors (Lipinski definition) is 0. The fourth-order valence-corrected chi connectivity index (χ4v) is 2.88. The molecule has 0 aliphatic rings. The van der Waals surface area contributed by atoms with Crippen LogP contribution in [-0.2, 0) is 0 Å². The van der Waals surface area contributed by atoms with E-state index in [-0.39, 0.29) is 0 Å². The SMILES string of the molecule is CC(C)=CCC(C(C)CC(C)C(C)(C)C)C(C)(C)C. The van der Waals surface area contributed by atoms with Gasteiger partial charge in [0.15, 0.2) is 0 Å². The van der Waals surface area contributed by atoms with E-state index in [1.165, 1.54) is 18.4 Å². The monoisotopic (exact) mass is 266 g/mol. The predicted molar refractivity (Wildman–Crippen MR) is 89.4 cm³/mol. The Morgan fingerprint density at radius 2 is 1.37 bits per heavy atom. The third kappa shape index (κ3) is 7.18. The van der Waals surface area contributed by atoms with Crippen molar-refractivity contribution in [1.82, 2.24) is 0 Å². The topological polar surface area (TPSA) is 0 Å². The summed E-state index contributed by atoms with van der Waals surface area (Å²) in [5, 5.41) is 0.